The number of allylic oxidation sites excluding steroid dienone is 1. The number of epoxide rings is 2. The van der Waals surface area contributed by atoms with Crippen LogP contribution in [0.2, 0.25) is 0 Å². The highest BCUT2D eigenvalue weighted by Crippen LogP contribution is 2.59. The number of carbonyl (C=O) groups excluding carboxylic acids is 3. The molecule has 0 radical (unpaired) electrons. The Kier molecular flexibility index (Phi) is 12.8. The minimum absolute atomic E-state index is 0.0259. The summed E-state index contributed by atoms with van der Waals surface area (Å²) in [5.41, 5.74) is 6.11. The minimum Gasteiger partial charge on any atom is -0.460 e. The fraction of sp³-hybridized carbons (Fsp3) is 0.844. The monoisotopic (exact) mass is 593 g/mol. The van der Waals surface area contributed by atoms with Crippen LogP contribution in [0.1, 0.15) is 98.8 Å². The molecule has 0 aromatic heterocycles. The first-order valence-corrected chi connectivity index (χ1v) is 15.9. The van der Waals surface area contributed by atoms with Crippen molar-refractivity contribution < 1.29 is 33.3 Å². The molecule has 10 heteroatoms. The number of amides is 2. The fourth-order valence-corrected chi connectivity index (χ4v) is 6.50. The largest absolute Gasteiger partial charge is 0.460 e. The second-order valence-electron chi connectivity index (χ2n) is 13.2. The minimum atomic E-state index is -0.494. The lowest BCUT2D eigenvalue weighted by Crippen LogP contribution is -2.55. The Hall–Kier alpha value is -2.01. The van der Waals surface area contributed by atoms with E-state index in [1.54, 1.807) is 7.11 Å². The molecule has 0 aromatic rings. The molecule has 3 fully saturated rings. The zero-order chi connectivity index (χ0) is 30.9. The van der Waals surface area contributed by atoms with Gasteiger partial charge in [-0.1, -0.05) is 44.8 Å². The van der Waals surface area contributed by atoms with E-state index >= 15 is 0 Å². The third kappa shape index (κ3) is 9.76. The number of ether oxygens (including phenoxy) is 4. The zero-order valence-corrected chi connectivity index (χ0v) is 26.7. The number of unbranched alkanes of at least 4 members (excludes halogenated alkanes) is 4. The molecule has 1 saturated carbocycles. The van der Waals surface area contributed by atoms with Crippen molar-refractivity contribution in [1.82, 2.24) is 10.6 Å². The van der Waals surface area contributed by atoms with Crippen molar-refractivity contribution in [3.05, 3.63) is 11.6 Å². The van der Waals surface area contributed by atoms with E-state index in [4.69, 9.17) is 24.7 Å². The molecular formula is C32H55N3O7. The molecule has 7 atom stereocenters. The van der Waals surface area contributed by atoms with Gasteiger partial charge in [0.05, 0.1) is 31.2 Å². The summed E-state index contributed by atoms with van der Waals surface area (Å²) in [6, 6.07) is -0.494. The molecule has 1 aliphatic carbocycles. The Balaban J connectivity index is 1.30. The molecule has 42 heavy (non-hydrogen) atoms. The molecule has 0 aromatic carbocycles. The summed E-state index contributed by atoms with van der Waals surface area (Å²) in [6.07, 6.45) is 9.72. The van der Waals surface area contributed by atoms with Gasteiger partial charge < -0.3 is 30.0 Å². The van der Waals surface area contributed by atoms with Gasteiger partial charge in [-0.2, -0.15) is 0 Å². The molecule has 2 aliphatic heterocycles. The maximum Gasteiger partial charge on any atom is 0.306 e. The predicted molar refractivity (Wildman–Crippen MR) is 161 cm³/mol. The second kappa shape index (κ2) is 15.6. The first kappa shape index (κ1) is 34.5. The average Bonchev–Trinajstić information content (AvgIpc) is 3.84. The number of rotatable bonds is 19. The van der Waals surface area contributed by atoms with E-state index in [9.17, 15) is 14.4 Å². The highest BCUT2D eigenvalue weighted by atomic mass is 16.6. The van der Waals surface area contributed by atoms with Crippen LogP contribution in [0.25, 0.3) is 0 Å². The summed E-state index contributed by atoms with van der Waals surface area (Å²) < 4.78 is 24.2. The number of methoxy groups -OCH3 is 1. The van der Waals surface area contributed by atoms with E-state index < -0.39 is 11.9 Å². The van der Waals surface area contributed by atoms with Crippen LogP contribution in [0, 0.1) is 11.8 Å². The number of hydrogen-bond donors (Lipinski definition) is 3. The van der Waals surface area contributed by atoms with Gasteiger partial charge in [-0.25, -0.2) is 0 Å². The molecule has 10 nitrogen and oxygen atoms in total. The van der Waals surface area contributed by atoms with Crippen molar-refractivity contribution in [3.8, 4) is 0 Å². The van der Waals surface area contributed by atoms with Crippen LogP contribution < -0.4 is 16.4 Å². The van der Waals surface area contributed by atoms with Gasteiger partial charge >= 0.3 is 5.97 Å². The van der Waals surface area contributed by atoms with Crippen molar-refractivity contribution in [3.63, 3.8) is 0 Å². The Morgan fingerprint density at radius 1 is 1.12 bits per heavy atom. The van der Waals surface area contributed by atoms with E-state index in [0.717, 1.165) is 51.4 Å². The topological polar surface area (TPSA) is 145 Å². The maximum atomic E-state index is 12.8. The Morgan fingerprint density at radius 2 is 1.81 bits per heavy atom. The van der Waals surface area contributed by atoms with Crippen molar-refractivity contribution in [2.45, 2.75) is 134 Å². The van der Waals surface area contributed by atoms with Crippen LogP contribution in [0.3, 0.4) is 0 Å². The molecule has 3 rings (SSSR count). The predicted octanol–water partition coefficient (Wildman–Crippen LogP) is 3.55. The normalized spacial score (nSPS) is 30.5. The van der Waals surface area contributed by atoms with E-state index in [2.05, 4.69) is 37.5 Å². The average molecular weight is 594 g/mol. The third-order valence-electron chi connectivity index (χ3n) is 8.96. The quantitative estimate of drug-likeness (QED) is 0.0893. The number of carbonyl (C=O) groups is 3. The summed E-state index contributed by atoms with van der Waals surface area (Å²) in [5.74, 6) is -0.421. The van der Waals surface area contributed by atoms with Crippen molar-refractivity contribution >= 4 is 17.8 Å². The van der Waals surface area contributed by atoms with E-state index in [1.807, 2.05) is 13.8 Å². The lowest BCUT2D eigenvalue weighted by Gasteiger charge is -2.42. The highest BCUT2D eigenvalue weighted by Gasteiger charge is 2.72. The summed E-state index contributed by atoms with van der Waals surface area (Å²) in [7, 11) is 1.69. The first-order valence-electron chi connectivity index (χ1n) is 15.9. The second-order valence-corrected chi connectivity index (χ2v) is 13.2. The van der Waals surface area contributed by atoms with Crippen LogP contribution >= 0.6 is 0 Å². The van der Waals surface area contributed by atoms with Crippen molar-refractivity contribution in [2.75, 3.05) is 26.8 Å². The summed E-state index contributed by atoms with van der Waals surface area (Å²) in [5, 5.41) is 5.82. The summed E-state index contributed by atoms with van der Waals surface area (Å²) >= 11 is 0. The summed E-state index contributed by atoms with van der Waals surface area (Å²) in [4.78, 5) is 36.3. The van der Waals surface area contributed by atoms with Gasteiger partial charge in [0, 0.05) is 20.1 Å². The molecule has 2 amide bonds. The molecular weight excluding hydrogens is 538 g/mol. The standard InChI is InChI=1S/C32H55N3O7/c1-21(2)13-14-25-31(5,42-25)29-28(39-6)24(15-16-32(29)20-40-32)41-27(37)12-10-8-7-9-11-17-34-26(36)19-35-23(30(33)38)18-22(3)4/h13,22-25,28-29,35H,7-12,14-20H2,1-6H3,(H2,33,38)(H,34,36)/t23-,24?,25+,28?,29?,31?,32-/m0/s1. The van der Waals surface area contributed by atoms with Gasteiger partial charge in [-0.05, 0) is 65.2 Å². The van der Waals surface area contributed by atoms with Gasteiger partial charge in [0.15, 0.2) is 0 Å². The van der Waals surface area contributed by atoms with Crippen LogP contribution in [0.15, 0.2) is 11.6 Å². The SMILES string of the molecule is COC1C(OC(=O)CCCCCCCNC(=O)CN[C@@H](CC(C)C)C(N)=O)CC[C@]2(CO2)C1C1(C)O[C@@H]1CC=C(C)C. The Morgan fingerprint density at radius 3 is 2.43 bits per heavy atom. The van der Waals surface area contributed by atoms with Crippen molar-refractivity contribution in [1.29, 1.82) is 0 Å². The molecule has 240 valence electrons. The molecule has 4 unspecified atom stereocenters. The number of nitrogens with one attached hydrogen (secondary N) is 2. The van der Waals surface area contributed by atoms with Gasteiger partial charge in [-0.3, -0.25) is 19.7 Å². The maximum absolute atomic E-state index is 12.8. The number of nitrogens with two attached hydrogens (primary N) is 1. The Labute approximate surface area is 252 Å². The number of primary amides is 1. The van der Waals surface area contributed by atoms with Gasteiger partial charge in [0.1, 0.15) is 23.4 Å². The van der Waals surface area contributed by atoms with Crippen molar-refractivity contribution in [2.24, 2.45) is 17.6 Å². The third-order valence-corrected chi connectivity index (χ3v) is 8.96. The van der Waals surface area contributed by atoms with Crippen LogP contribution in [-0.4, -0.2) is 80.1 Å². The van der Waals surface area contributed by atoms with Gasteiger partial charge in [-0.15, -0.1) is 0 Å². The fourth-order valence-electron chi connectivity index (χ4n) is 6.50. The summed E-state index contributed by atoms with van der Waals surface area (Å²) in [6.45, 7) is 11.7. The highest BCUT2D eigenvalue weighted by molar-refractivity contribution is 5.82. The lowest BCUT2D eigenvalue weighted by atomic mass is 9.68. The molecule has 2 saturated heterocycles. The van der Waals surface area contributed by atoms with Gasteiger partial charge in [0.2, 0.25) is 11.8 Å². The molecule has 4 N–H and O–H groups in total. The molecule has 2 heterocycles. The lowest BCUT2D eigenvalue weighted by molar-refractivity contribution is -0.172. The van der Waals surface area contributed by atoms with Crippen LogP contribution in [0.4, 0.5) is 0 Å². The Bertz CT molecular complexity index is 946. The first-order chi connectivity index (χ1) is 19.9. The number of esters is 1. The smallest absolute Gasteiger partial charge is 0.306 e. The van der Waals surface area contributed by atoms with Crippen LogP contribution in [0.5, 0.6) is 0 Å². The van der Waals surface area contributed by atoms with E-state index in [-0.39, 0.29) is 53.9 Å². The number of hydrogen-bond acceptors (Lipinski definition) is 8. The molecule has 3 aliphatic rings. The zero-order valence-electron chi connectivity index (χ0n) is 26.7. The molecule has 0 bridgehead atoms. The molecule has 1 spiro atoms. The van der Waals surface area contributed by atoms with E-state index in [1.165, 1.54) is 5.57 Å². The van der Waals surface area contributed by atoms with E-state index in [0.29, 0.717) is 31.9 Å². The van der Waals surface area contributed by atoms with Gasteiger partial charge in [0.25, 0.3) is 0 Å². The van der Waals surface area contributed by atoms with Crippen LogP contribution in [-0.2, 0) is 33.3 Å².